The number of benzene rings is 1. The highest BCUT2D eigenvalue weighted by molar-refractivity contribution is 5.93. The minimum atomic E-state index is -0.373. The molecule has 0 saturated carbocycles. The molecule has 1 aliphatic heterocycles. The molecule has 0 spiro atoms. The molecule has 34 heavy (non-hydrogen) atoms. The number of nitrogens with zero attached hydrogens (tertiary/aromatic N) is 4. The first kappa shape index (κ1) is 26.8. The quantitative estimate of drug-likeness (QED) is 0.114. The number of ether oxygens (including phenoxy) is 1. The molecule has 1 heterocycles. The molecule has 1 fully saturated rings. The van der Waals surface area contributed by atoms with Crippen LogP contribution in [0.15, 0.2) is 46.0 Å². The van der Waals surface area contributed by atoms with Crippen molar-refractivity contribution in [2.24, 2.45) is 9.98 Å². The monoisotopic (exact) mass is 472 g/mol. The van der Waals surface area contributed by atoms with Crippen molar-refractivity contribution < 1.29 is 19.5 Å². The molecule has 186 valence electrons. The third-order valence-electron chi connectivity index (χ3n) is 5.61. The fourth-order valence-electron chi connectivity index (χ4n) is 3.55. The van der Waals surface area contributed by atoms with E-state index in [1.165, 1.54) is 6.20 Å². The minimum Gasteiger partial charge on any atom is -0.497 e. The van der Waals surface area contributed by atoms with Crippen LogP contribution >= 0.6 is 0 Å². The molecule has 0 atom stereocenters. The summed E-state index contributed by atoms with van der Waals surface area (Å²) >= 11 is 0. The number of piperazine rings is 1. The topological polar surface area (TPSA) is 119 Å². The second-order valence-electron chi connectivity index (χ2n) is 8.03. The van der Waals surface area contributed by atoms with Crippen molar-refractivity contribution in [1.29, 1.82) is 0 Å². The zero-order chi connectivity index (χ0) is 24.8. The first-order valence-corrected chi connectivity index (χ1v) is 11.5. The van der Waals surface area contributed by atoms with Crippen LogP contribution in [0.25, 0.3) is 0 Å². The average molecular weight is 473 g/mol. The molecule has 1 aromatic carbocycles. The fraction of sp³-hybridized carbons (Fsp3) is 0.500. The van der Waals surface area contributed by atoms with Gasteiger partial charge in [0, 0.05) is 56.6 Å². The van der Waals surface area contributed by atoms with Crippen molar-refractivity contribution in [1.82, 2.24) is 15.7 Å². The Morgan fingerprint density at radius 3 is 2.41 bits per heavy atom. The number of guanidine groups is 1. The Bertz CT molecular complexity index is 861. The number of rotatable bonds is 11. The Hall–Kier alpha value is -3.40. The summed E-state index contributed by atoms with van der Waals surface area (Å²) in [5.41, 5.74) is 3.26. The van der Waals surface area contributed by atoms with E-state index in [2.05, 4.69) is 44.0 Å². The molecule has 1 aliphatic rings. The van der Waals surface area contributed by atoms with Gasteiger partial charge in [-0.1, -0.05) is 12.8 Å². The average Bonchev–Trinajstić information content (AvgIpc) is 2.88. The molecule has 10 heteroatoms. The summed E-state index contributed by atoms with van der Waals surface area (Å²) in [4.78, 5) is 36.0. The number of carbonyl (C=O) groups is 2. The first-order chi connectivity index (χ1) is 16.5. The van der Waals surface area contributed by atoms with E-state index in [9.17, 15) is 9.59 Å². The van der Waals surface area contributed by atoms with E-state index in [0.717, 1.165) is 56.9 Å². The molecule has 2 amide bonds. The summed E-state index contributed by atoms with van der Waals surface area (Å²) in [6.45, 7) is 9.07. The van der Waals surface area contributed by atoms with Gasteiger partial charge in [0.1, 0.15) is 5.75 Å². The number of methoxy groups -OCH3 is 1. The van der Waals surface area contributed by atoms with Crippen LogP contribution in [0, 0.1) is 0 Å². The number of hydrogen-bond donors (Lipinski definition) is 3. The van der Waals surface area contributed by atoms with Gasteiger partial charge in [-0.3, -0.25) is 14.8 Å². The lowest BCUT2D eigenvalue weighted by atomic mass is 10.1. The van der Waals surface area contributed by atoms with Gasteiger partial charge in [0.05, 0.1) is 7.11 Å². The Morgan fingerprint density at radius 2 is 1.79 bits per heavy atom. The summed E-state index contributed by atoms with van der Waals surface area (Å²) in [6.07, 6.45) is 5.12. The summed E-state index contributed by atoms with van der Waals surface area (Å²) in [7, 11) is 1.66. The van der Waals surface area contributed by atoms with E-state index < -0.39 is 0 Å². The molecule has 0 unspecified atom stereocenters. The largest absolute Gasteiger partial charge is 0.497 e. The maximum atomic E-state index is 12.3. The predicted octanol–water partition coefficient (Wildman–Crippen LogP) is 2.35. The Labute approximate surface area is 201 Å². The number of nitrogens with one attached hydrogen (secondary N) is 2. The number of hydrogen-bond acceptors (Lipinski definition) is 6. The first-order valence-electron chi connectivity index (χ1n) is 11.5. The van der Waals surface area contributed by atoms with Crippen LogP contribution in [-0.4, -0.2) is 74.4 Å². The standard InChI is InChI=1S/C24H36N6O4/c1-19(23(32)26-13-7-5-4-6-8-22(31)28-33)18-27-24(25-2)30-16-14-29(15-17-30)20-9-11-21(34-3)12-10-20/h9-12,18,33H,2,4-8,13-17H2,1,3H3,(H,26,32)(H,28,31)/b19-18+,27-24+. The van der Waals surface area contributed by atoms with Gasteiger partial charge in [-0.25, -0.2) is 15.5 Å². The van der Waals surface area contributed by atoms with E-state index in [1.807, 2.05) is 12.1 Å². The number of unbranched alkanes of at least 4 members (excludes halogenated alkanes) is 3. The molecule has 10 nitrogen and oxygen atoms in total. The van der Waals surface area contributed by atoms with Gasteiger partial charge in [-0.2, -0.15) is 0 Å². The van der Waals surface area contributed by atoms with Gasteiger partial charge in [0.25, 0.3) is 0 Å². The van der Waals surface area contributed by atoms with Crippen molar-refractivity contribution in [3.05, 3.63) is 36.0 Å². The highest BCUT2D eigenvalue weighted by atomic mass is 16.5. The van der Waals surface area contributed by atoms with E-state index >= 15 is 0 Å². The molecule has 2 rings (SSSR count). The second-order valence-corrected chi connectivity index (χ2v) is 8.03. The van der Waals surface area contributed by atoms with E-state index in [4.69, 9.17) is 9.94 Å². The molecule has 0 radical (unpaired) electrons. The van der Waals surface area contributed by atoms with Crippen LogP contribution in [0.5, 0.6) is 5.75 Å². The lowest BCUT2D eigenvalue weighted by Gasteiger charge is -2.36. The van der Waals surface area contributed by atoms with E-state index in [0.29, 0.717) is 30.9 Å². The molecule has 0 aromatic heterocycles. The molecular weight excluding hydrogens is 436 g/mol. The smallest absolute Gasteiger partial charge is 0.248 e. The van der Waals surface area contributed by atoms with Crippen LogP contribution in [0.1, 0.15) is 39.0 Å². The summed E-state index contributed by atoms with van der Waals surface area (Å²) in [5.74, 6) is 0.801. The van der Waals surface area contributed by atoms with Crippen molar-refractivity contribution >= 4 is 30.2 Å². The Kier molecular flexibility index (Phi) is 11.6. The number of hydroxylamine groups is 1. The van der Waals surface area contributed by atoms with Gasteiger partial charge in [0.15, 0.2) is 0 Å². The van der Waals surface area contributed by atoms with Crippen molar-refractivity contribution in [3.8, 4) is 5.75 Å². The summed E-state index contributed by atoms with van der Waals surface area (Å²) in [5, 5.41) is 11.3. The number of carbonyl (C=O) groups excluding carboxylic acids is 2. The lowest BCUT2D eigenvalue weighted by Crippen LogP contribution is -2.48. The zero-order valence-corrected chi connectivity index (χ0v) is 20.1. The van der Waals surface area contributed by atoms with Gasteiger partial charge in [-0.05, 0) is 50.7 Å². The van der Waals surface area contributed by atoms with Crippen molar-refractivity contribution in [2.75, 3.05) is 44.7 Å². The van der Waals surface area contributed by atoms with E-state index in [-0.39, 0.29) is 11.8 Å². The summed E-state index contributed by atoms with van der Waals surface area (Å²) in [6, 6.07) is 8.01. The minimum absolute atomic E-state index is 0.170. The normalized spacial score (nSPS) is 14.6. The maximum absolute atomic E-state index is 12.3. The number of aliphatic imine (C=N–C) groups is 2. The van der Waals surface area contributed by atoms with Crippen molar-refractivity contribution in [2.45, 2.75) is 39.0 Å². The second kappa shape index (κ2) is 14.7. The molecule has 1 aromatic rings. The van der Waals surface area contributed by atoms with Crippen LogP contribution in [-0.2, 0) is 9.59 Å². The SMILES string of the molecule is C=N/C(=N\C=C(/C)C(=O)NCCCCCCC(=O)NO)N1CCN(c2ccc(OC)cc2)CC1. The van der Waals surface area contributed by atoms with Crippen LogP contribution < -0.4 is 20.4 Å². The maximum Gasteiger partial charge on any atom is 0.248 e. The summed E-state index contributed by atoms with van der Waals surface area (Å²) < 4.78 is 5.22. The van der Waals surface area contributed by atoms with Crippen molar-refractivity contribution in [3.63, 3.8) is 0 Å². The molecule has 3 N–H and O–H groups in total. The molecule has 0 aliphatic carbocycles. The fourth-order valence-corrected chi connectivity index (χ4v) is 3.55. The van der Waals surface area contributed by atoms with Gasteiger partial charge in [0.2, 0.25) is 17.8 Å². The highest BCUT2D eigenvalue weighted by Gasteiger charge is 2.19. The zero-order valence-electron chi connectivity index (χ0n) is 20.1. The van der Waals surface area contributed by atoms with E-state index in [1.54, 1.807) is 19.5 Å². The van der Waals surface area contributed by atoms with Gasteiger partial charge >= 0.3 is 0 Å². The highest BCUT2D eigenvalue weighted by Crippen LogP contribution is 2.20. The Balaban J connectivity index is 1.75. The molecule has 0 bridgehead atoms. The van der Waals surface area contributed by atoms with Gasteiger partial charge < -0.3 is 19.9 Å². The number of anilines is 1. The lowest BCUT2D eigenvalue weighted by molar-refractivity contribution is -0.129. The van der Waals surface area contributed by atoms with Gasteiger partial charge in [-0.15, -0.1) is 0 Å². The van der Waals surface area contributed by atoms with Crippen LogP contribution in [0.2, 0.25) is 0 Å². The third kappa shape index (κ3) is 8.86. The number of amides is 2. The van der Waals surface area contributed by atoms with Crippen LogP contribution in [0.4, 0.5) is 5.69 Å². The molecule has 1 saturated heterocycles. The predicted molar refractivity (Wildman–Crippen MR) is 134 cm³/mol. The Morgan fingerprint density at radius 1 is 1.12 bits per heavy atom. The van der Waals surface area contributed by atoms with Crippen LogP contribution in [0.3, 0.4) is 0 Å². The molecular formula is C24H36N6O4. The third-order valence-corrected chi connectivity index (χ3v) is 5.61.